The lowest BCUT2D eigenvalue weighted by Crippen LogP contribution is -2.25. The first-order chi connectivity index (χ1) is 6.06. The summed E-state index contributed by atoms with van der Waals surface area (Å²) in [4.78, 5) is 10.4. The number of halogens is 3. The lowest BCUT2D eigenvalue weighted by molar-refractivity contribution is -0.112. The Bertz CT molecular complexity index is 352. The van der Waals surface area contributed by atoms with Crippen LogP contribution in [0.1, 0.15) is 13.8 Å². The van der Waals surface area contributed by atoms with E-state index < -0.39 is 27.2 Å². The molecule has 0 heterocycles. The lowest BCUT2D eigenvalue weighted by Gasteiger charge is -2.08. The van der Waals surface area contributed by atoms with Gasteiger partial charge in [0.05, 0.1) is 0 Å². The number of allylic oxidation sites excluding steroid dienone is 2. The SMILES string of the molecule is CC(=O)/C=C(/C)OS(=O)(=O)C(F)(F)F. The van der Waals surface area contributed by atoms with Crippen LogP contribution in [0.5, 0.6) is 0 Å². The average molecular weight is 232 g/mol. The number of ketones is 1. The summed E-state index contributed by atoms with van der Waals surface area (Å²) < 4.78 is 59.4. The van der Waals surface area contributed by atoms with E-state index in [2.05, 4.69) is 4.18 Å². The molecule has 0 aromatic carbocycles. The van der Waals surface area contributed by atoms with Crippen LogP contribution >= 0.6 is 0 Å². The van der Waals surface area contributed by atoms with Crippen LogP contribution in [0.15, 0.2) is 11.8 Å². The van der Waals surface area contributed by atoms with Gasteiger partial charge in [0.2, 0.25) is 0 Å². The van der Waals surface area contributed by atoms with Gasteiger partial charge >= 0.3 is 15.6 Å². The summed E-state index contributed by atoms with van der Waals surface area (Å²) in [5.41, 5.74) is -5.49. The predicted molar refractivity (Wildman–Crippen MR) is 40.5 cm³/mol. The summed E-state index contributed by atoms with van der Waals surface area (Å²) in [6.07, 6.45) is 0.642. The van der Waals surface area contributed by atoms with Crippen molar-refractivity contribution in [3.63, 3.8) is 0 Å². The molecule has 8 heteroatoms. The molecular weight excluding hydrogens is 225 g/mol. The van der Waals surface area contributed by atoms with E-state index in [1.54, 1.807) is 0 Å². The molecular formula is C6H7F3O4S. The van der Waals surface area contributed by atoms with Crippen molar-refractivity contribution in [2.75, 3.05) is 0 Å². The molecule has 0 aromatic heterocycles. The van der Waals surface area contributed by atoms with Crippen molar-refractivity contribution < 1.29 is 30.6 Å². The second-order valence-electron chi connectivity index (χ2n) is 2.35. The molecule has 0 aromatic rings. The molecule has 0 saturated carbocycles. The fourth-order valence-corrected chi connectivity index (χ4v) is 1.02. The highest BCUT2D eigenvalue weighted by Crippen LogP contribution is 2.26. The Kier molecular flexibility index (Phi) is 3.69. The van der Waals surface area contributed by atoms with Gasteiger partial charge in [-0.3, -0.25) is 4.79 Å². The summed E-state index contributed by atoms with van der Waals surface area (Å²) in [6, 6.07) is 0. The van der Waals surface area contributed by atoms with Crippen LogP contribution in [0, 0.1) is 0 Å². The maximum atomic E-state index is 11.7. The maximum absolute atomic E-state index is 11.7. The number of carbonyl (C=O) groups excluding carboxylic acids is 1. The highest BCUT2D eigenvalue weighted by atomic mass is 32.2. The summed E-state index contributed by atoms with van der Waals surface area (Å²) >= 11 is 0. The fraction of sp³-hybridized carbons (Fsp3) is 0.500. The van der Waals surface area contributed by atoms with Crippen molar-refractivity contribution in [3.05, 3.63) is 11.8 Å². The second kappa shape index (κ2) is 3.99. The van der Waals surface area contributed by atoms with Gasteiger partial charge in [-0.1, -0.05) is 0 Å². The van der Waals surface area contributed by atoms with Gasteiger partial charge in [-0.05, 0) is 13.8 Å². The van der Waals surface area contributed by atoms with Crippen LogP contribution in [0.4, 0.5) is 13.2 Å². The zero-order valence-corrected chi connectivity index (χ0v) is 8.07. The van der Waals surface area contributed by atoms with Crippen LogP contribution in [0.2, 0.25) is 0 Å². The molecule has 0 atom stereocenters. The van der Waals surface area contributed by atoms with E-state index in [1.165, 1.54) is 0 Å². The third kappa shape index (κ3) is 3.77. The van der Waals surface area contributed by atoms with Crippen molar-refractivity contribution >= 4 is 15.9 Å². The van der Waals surface area contributed by atoms with Crippen molar-refractivity contribution in [1.29, 1.82) is 0 Å². The normalized spacial score (nSPS) is 13.9. The minimum Gasteiger partial charge on any atom is -0.381 e. The highest BCUT2D eigenvalue weighted by molar-refractivity contribution is 7.87. The quantitative estimate of drug-likeness (QED) is 0.319. The Labute approximate surface area is 78.5 Å². The zero-order valence-electron chi connectivity index (χ0n) is 7.25. The molecule has 14 heavy (non-hydrogen) atoms. The van der Waals surface area contributed by atoms with E-state index in [0.717, 1.165) is 13.8 Å². The molecule has 0 aliphatic heterocycles. The molecule has 0 fully saturated rings. The second-order valence-corrected chi connectivity index (χ2v) is 3.89. The Balaban J connectivity index is 4.80. The minimum atomic E-state index is -5.66. The van der Waals surface area contributed by atoms with Crippen LogP contribution in [-0.4, -0.2) is 19.7 Å². The van der Waals surface area contributed by atoms with Crippen molar-refractivity contribution in [3.8, 4) is 0 Å². The Hall–Kier alpha value is -1.05. The molecule has 0 spiro atoms. The fourth-order valence-electron chi connectivity index (χ4n) is 0.531. The molecule has 0 N–H and O–H groups in total. The summed E-state index contributed by atoms with van der Waals surface area (Å²) in [5, 5.41) is 0. The summed E-state index contributed by atoms with van der Waals surface area (Å²) in [5.74, 6) is -1.24. The molecule has 0 radical (unpaired) electrons. The number of rotatable bonds is 3. The van der Waals surface area contributed by atoms with Crippen molar-refractivity contribution in [2.24, 2.45) is 0 Å². The zero-order chi connectivity index (χ0) is 11.6. The minimum absolute atomic E-state index is 0.611. The standard InChI is InChI=1S/C6H7F3O4S/c1-4(10)3-5(2)13-14(11,12)6(7,8)9/h3H,1-2H3/b5-3-. The molecule has 0 aliphatic rings. The Morgan fingerprint density at radius 2 is 1.71 bits per heavy atom. The Morgan fingerprint density at radius 3 is 2.00 bits per heavy atom. The monoisotopic (exact) mass is 232 g/mol. The van der Waals surface area contributed by atoms with E-state index in [4.69, 9.17) is 0 Å². The third-order valence-corrected chi connectivity index (χ3v) is 1.98. The molecule has 0 amide bonds. The number of hydrogen-bond acceptors (Lipinski definition) is 4. The van der Waals surface area contributed by atoms with Gasteiger partial charge in [-0.15, -0.1) is 0 Å². The summed E-state index contributed by atoms with van der Waals surface area (Å²) in [6.45, 7) is 1.98. The van der Waals surface area contributed by atoms with E-state index in [1.807, 2.05) is 0 Å². The number of alkyl halides is 3. The molecule has 82 valence electrons. The van der Waals surface area contributed by atoms with Crippen molar-refractivity contribution in [1.82, 2.24) is 0 Å². The van der Waals surface area contributed by atoms with Gasteiger partial charge in [-0.25, -0.2) is 0 Å². The molecule has 0 bridgehead atoms. The number of carbonyl (C=O) groups is 1. The first kappa shape index (κ1) is 12.9. The van der Waals surface area contributed by atoms with Gasteiger partial charge < -0.3 is 4.18 Å². The van der Waals surface area contributed by atoms with E-state index in [-0.39, 0.29) is 0 Å². The summed E-state index contributed by atoms with van der Waals surface area (Å²) in [7, 11) is -5.66. The first-order valence-corrected chi connectivity index (χ1v) is 4.66. The lowest BCUT2D eigenvalue weighted by atomic mass is 10.4. The third-order valence-electron chi connectivity index (χ3n) is 0.931. The highest BCUT2D eigenvalue weighted by Gasteiger charge is 2.48. The van der Waals surface area contributed by atoms with E-state index in [0.29, 0.717) is 6.08 Å². The largest absolute Gasteiger partial charge is 0.534 e. The predicted octanol–water partition coefficient (Wildman–Crippen LogP) is 1.35. The van der Waals surface area contributed by atoms with Gasteiger partial charge in [0.1, 0.15) is 5.76 Å². The average Bonchev–Trinajstić information content (AvgIpc) is 1.79. The van der Waals surface area contributed by atoms with Gasteiger partial charge in [0.15, 0.2) is 5.78 Å². The van der Waals surface area contributed by atoms with E-state index in [9.17, 15) is 26.4 Å². The topological polar surface area (TPSA) is 60.4 Å². The molecule has 0 rings (SSSR count). The van der Waals surface area contributed by atoms with Gasteiger partial charge in [0, 0.05) is 6.08 Å². The maximum Gasteiger partial charge on any atom is 0.534 e. The van der Waals surface area contributed by atoms with Crippen LogP contribution < -0.4 is 0 Å². The molecule has 0 aliphatic carbocycles. The molecule has 0 unspecified atom stereocenters. The first-order valence-electron chi connectivity index (χ1n) is 3.26. The number of hydrogen-bond donors (Lipinski definition) is 0. The van der Waals surface area contributed by atoms with Gasteiger partial charge in [0.25, 0.3) is 0 Å². The van der Waals surface area contributed by atoms with Gasteiger partial charge in [-0.2, -0.15) is 21.6 Å². The van der Waals surface area contributed by atoms with E-state index >= 15 is 0 Å². The smallest absolute Gasteiger partial charge is 0.381 e. The molecule has 4 nitrogen and oxygen atoms in total. The van der Waals surface area contributed by atoms with Crippen LogP contribution in [-0.2, 0) is 19.1 Å². The van der Waals surface area contributed by atoms with Crippen molar-refractivity contribution in [2.45, 2.75) is 19.4 Å². The Morgan fingerprint density at radius 1 is 1.29 bits per heavy atom. The van der Waals surface area contributed by atoms with Crippen LogP contribution in [0.3, 0.4) is 0 Å². The molecule has 0 saturated heterocycles. The van der Waals surface area contributed by atoms with Crippen LogP contribution in [0.25, 0.3) is 0 Å².